The number of nitrogen functional groups attached to an aromatic ring is 1. The Balaban J connectivity index is 2.93. The zero-order chi connectivity index (χ0) is 9.14. The van der Waals surface area contributed by atoms with Crippen LogP contribution >= 0.6 is 0 Å². The van der Waals surface area contributed by atoms with E-state index in [0.717, 1.165) is 5.56 Å². The quantitative estimate of drug-likeness (QED) is 0.546. The van der Waals surface area contributed by atoms with Crippen LogP contribution in [0.4, 0.5) is 5.69 Å². The number of hydrogen-bond donors (Lipinski definition) is 1. The summed E-state index contributed by atoms with van der Waals surface area (Å²) in [5.74, 6) is 0.161. The molecule has 66 valence electrons. The third kappa shape index (κ3) is 2.21. The molecule has 0 aliphatic heterocycles. The van der Waals surface area contributed by atoms with Crippen molar-refractivity contribution in [2.45, 2.75) is 6.92 Å². The van der Waals surface area contributed by atoms with Gasteiger partial charge in [0.1, 0.15) is 11.4 Å². The van der Waals surface area contributed by atoms with Crippen molar-refractivity contribution >= 4 is 17.0 Å². The summed E-state index contributed by atoms with van der Waals surface area (Å²) in [6, 6.07) is 4.88. The molecule has 0 bridgehead atoms. The Bertz CT molecular complexity index is 314. The minimum atomic E-state index is -2.56. The molecule has 4 nitrogen and oxygen atoms in total. The SMILES string of the molecule is Cc1ccc(OS(=O)[O-])c(N)c1. The van der Waals surface area contributed by atoms with Crippen LogP contribution in [-0.2, 0) is 11.4 Å². The molecule has 1 unspecified atom stereocenters. The average Bonchev–Trinajstić information content (AvgIpc) is 1.94. The smallest absolute Gasteiger partial charge is 0.162 e. The number of rotatable bonds is 2. The molecule has 12 heavy (non-hydrogen) atoms. The van der Waals surface area contributed by atoms with E-state index in [1.807, 2.05) is 6.92 Å². The summed E-state index contributed by atoms with van der Waals surface area (Å²) in [5, 5.41) is 0. The lowest BCUT2D eigenvalue weighted by atomic mass is 10.2. The molecule has 0 aromatic heterocycles. The molecule has 0 saturated heterocycles. The van der Waals surface area contributed by atoms with Crippen molar-refractivity contribution in [1.82, 2.24) is 0 Å². The molecule has 0 aliphatic rings. The highest BCUT2D eigenvalue weighted by Crippen LogP contribution is 2.22. The van der Waals surface area contributed by atoms with E-state index in [1.54, 1.807) is 12.1 Å². The summed E-state index contributed by atoms with van der Waals surface area (Å²) in [4.78, 5) is 0. The molecule has 0 spiro atoms. The van der Waals surface area contributed by atoms with E-state index < -0.39 is 11.4 Å². The molecule has 2 N–H and O–H groups in total. The van der Waals surface area contributed by atoms with Gasteiger partial charge in [0.25, 0.3) is 0 Å². The summed E-state index contributed by atoms with van der Waals surface area (Å²) >= 11 is -2.56. The zero-order valence-electron chi connectivity index (χ0n) is 6.44. The maximum absolute atomic E-state index is 10.1. The largest absolute Gasteiger partial charge is 0.740 e. The lowest BCUT2D eigenvalue weighted by Crippen LogP contribution is -2.00. The van der Waals surface area contributed by atoms with Gasteiger partial charge in [0.15, 0.2) is 5.75 Å². The van der Waals surface area contributed by atoms with E-state index in [4.69, 9.17) is 5.73 Å². The molecular weight excluding hydrogens is 178 g/mol. The number of aryl methyl sites for hydroxylation is 1. The third-order valence-electron chi connectivity index (χ3n) is 1.32. The standard InChI is InChI=1S/C7H9NO3S/c1-5-2-3-7(6(8)4-5)11-12(9)10/h2-4H,8H2,1H3,(H,9,10)/p-1. The maximum Gasteiger partial charge on any atom is 0.162 e. The fraction of sp³-hybridized carbons (Fsp3) is 0.143. The van der Waals surface area contributed by atoms with Gasteiger partial charge in [-0.15, -0.1) is 0 Å². The molecule has 0 heterocycles. The highest BCUT2D eigenvalue weighted by atomic mass is 32.2. The molecule has 1 aromatic rings. The van der Waals surface area contributed by atoms with Gasteiger partial charge in [0, 0.05) is 0 Å². The number of hydrogen-bond acceptors (Lipinski definition) is 4. The number of nitrogens with two attached hydrogens (primary N) is 1. The Labute approximate surface area is 72.8 Å². The summed E-state index contributed by atoms with van der Waals surface area (Å²) in [6.45, 7) is 1.86. The highest BCUT2D eigenvalue weighted by Gasteiger charge is 1.99. The van der Waals surface area contributed by atoms with Gasteiger partial charge in [0.05, 0.1) is 5.69 Å². The van der Waals surface area contributed by atoms with Crippen LogP contribution in [0, 0.1) is 6.92 Å². The first-order valence-corrected chi connectivity index (χ1v) is 4.23. The predicted molar refractivity (Wildman–Crippen MR) is 45.1 cm³/mol. The van der Waals surface area contributed by atoms with Crippen molar-refractivity contribution < 1.29 is 12.9 Å². The number of anilines is 1. The van der Waals surface area contributed by atoms with Gasteiger partial charge in [-0.3, -0.25) is 0 Å². The van der Waals surface area contributed by atoms with E-state index in [1.165, 1.54) is 6.07 Å². The van der Waals surface area contributed by atoms with Gasteiger partial charge >= 0.3 is 0 Å². The minimum absolute atomic E-state index is 0.161. The van der Waals surface area contributed by atoms with Crippen LogP contribution in [0.25, 0.3) is 0 Å². The molecule has 0 fully saturated rings. The van der Waals surface area contributed by atoms with Crippen LogP contribution < -0.4 is 9.92 Å². The fourth-order valence-electron chi connectivity index (χ4n) is 0.817. The first-order valence-electron chi connectivity index (χ1n) is 3.23. The fourth-order valence-corrected chi connectivity index (χ4v) is 1.12. The van der Waals surface area contributed by atoms with Gasteiger partial charge in [-0.1, -0.05) is 6.07 Å². The monoisotopic (exact) mass is 186 g/mol. The normalized spacial score (nSPS) is 12.5. The van der Waals surface area contributed by atoms with Crippen molar-refractivity contribution in [3.05, 3.63) is 23.8 Å². The first kappa shape index (κ1) is 9.02. The molecule has 1 rings (SSSR count). The lowest BCUT2D eigenvalue weighted by molar-refractivity contribution is 0.441. The summed E-state index contributed by atoms with van der Waals surface area (Å²) < 4.78 is 24.6. The van der Waals surface area contributed by atoms with Crippen LogP contribution in [0.3, 0.4) is 0 Å². The summed E-state index contributed by atoms with van der Waals surface area (Å²) in [7, 11) is 0. The van der Waals surface area contributed by atoms with E-state index in [0.29, 0.717) is 5.69 Å². The summed E-state index contributed by atoms with van der Waals surface area (Å²) in [5.41, 5.74) is 6.75. The second kappa shape index (κ2) is 3.55. The van der Waals surface area contributed by atoms with E-state index >= 15 is 0 Å². The van der Waals surface area contributed by atoms with E-state index in [-0.39, 0.29) is 5.75 Å². The van der Waals surface area contributed by atoms with Gasteiger partial charge < -0.3 is 14.5 Å². The van der Waals surface area contributed by atoms with Crippen LogP contribution in [-0.4, -0.2) is 8.76 Å². The lowest BCUT2D eigenvalue weighted by Gasteiger charge is -2.09. The molecule has 0 radical (unpaired) electrons. The first-order chi connectivity index (χ1) is 5.59. The van der Waals surface area contributed by atoms with Gasteiger partial charge in [-0.2, -0.15) is 0 Å². The summed E-state index contributed by atoms with van der Waals surface area (Å²) in [6.07, 6.45) is 0. The van der Waals surface area contributed by atoms with Crippen LogP contribution in [0.15, 0.2) is 18.2 Å². The van der Waals surface area contributed by atoms with Crippen molar-refractivity contribution in [2.24, 2.45) is 0 Å². The Morgan fingerprint density at radius 3 is 2.75 bits per heavy atom. The molecule has 5 heteroatoms. The third-order valence-corrected chi connectivity index (χ3v) is 1.64. The Hall–Kier alpha value is -1.07. The second-order valence-corrected chi connectivity index (χ2v) is 2.90. The Morgan fingerprint density at radius 2 is 2.25 bits per heavy atom. The van der Waals surface area contributed by atoms with Gasteiger partial charge in [-0.25, -0.2) is 4.21 Å². The van der Waals surface area contributed by atoms with Crippen molar-refractivity contribution in [3.63, 3.8) is 0 Å². The van der Waals surface area contributed by atoms with Crippen LogP contribution in [0.2, 0.25) is 0 Å². The van der Waals surface area contributed by atoms with Crippen molar-refractivity contribution in [3.8, 4) is 5.75 Å². The minimum Gasteiger partial charge on any atom is -0.740 e. The Kier molecular flexibility index (Phi) is 2.67. The van der Waals surface area contributed by atoms with E-state index in [9.17, 15) is 8.76 Å². The van der Waals surface area contributed by atoms with Crippen molar-refractivity contribution in [1.29, 1.82) is 0 Å². The molecule has 1 atom stereocenters. The molecule has 0 aliphatic carbocycles. The molecule has 0 amide bonds. The predicted octanol–water partition coefficient (Wildman–Crippen LogP) is 0.750. The second-order valence-electron chi connectivity index (χ2n) is 2.33. The molecule has 1 aromatic carbocycles. The number of benzene rings is 1. The maximum atomic E-state index is 10.1. The van der Waals surface area contributed by atoms with E-state index in [2.05, 4.69) is 4.18 Å². The van der Waals surface area contributed by atoms with Crippen molar-refractivity contribution in [2.75, 3.05) is 5.73 Å². The van der Waals surface area contributed by atoms with Crippen LogP contribution in [0.5, 0.6) is 5.75 Å². The Morgan fingerprint density at radius 1 is 1.58 bits per heavy atom. The zero-order valence-corrected chi connectivity index (χ0v) is 7.26. The molecular formula is C7H8NO3S-. The van der Waals surface area contributed by atoms with Crippen LogP contribution in [0.1, 0.15) is 5.56 Å². The molecule has 0 saturated carbocycles. The average molecular weight is 186 g/mol. The highest BCUT2D eigenvalue weighted by molar-refractivity contribution is 7.74. The van der Waals surface area contributed by atoms with Gasteiger partial charge in [0.2, 0.25) is 0 Å². The topological polar surface area (TPSA) is 75.4 Å². The van der Waals surface area contributed by atoms with Gasteiger partial charge in [-0.05, 0) is 24.6 Å².